The van der Waals surface area contributed by atoms with Crippen LogP contribution in [0, 0.1) is 6.92 Å². The SMILES string of the molecule is Cc1ccc(NC(=O)C[C@H]2S/C(=N/N=C\c3cccs3)NC2=O)cc1. The molecule has 1 saturated heterocycles. The molecular weight excluding hydrogens is 356 g/mol. The van der Waals surface area contributed by atoms with Crippen molar-refractivity contribution in [2.45, 2.75) is 18.6 Å². The van der Waals surface area contributed by atoms with Gasteiger partial charge in [-0.25, -0.2) is 0 Å². The topological polar surface area (TPSA) is 82.9 Å². The van der Waals surface area contributed by atoms with Crippen LogP contribution in [-0.4, -0.2) is 28.4 Å². The van der Waals surface area contributed by atoms with E-state index < -0.39 is 5.25 Å². The van der Waals surface area contributed by atoms with E-state index in [0.717, 1.165) is 10.4 Å². The van der Waals surface area contributed by atoms with Gasteiger partial charge in [-0.15, -0.1) is 16.4 Å². The molecule has 1 fully saturated rings. The predicted molar refractivity (Wildman–Crippen MR) is 103 cm³/mol. The number of thioether (sulfide) groups is 1. The van der Waals surface area contributed by atoms with Crippen molar-refractivity contribution < 1.29 is 9.59 Å². The number of benzene rings is 1. The van der Waals surface area contributed by atoms with E-state index in [2.05, 4.69) is 20.8 Å². The lowest BCUT2D eigenvalue weighted by atomic mass is 10.2. The molecule has 6 nitrogen and oxygen atoms in total. The Balaban J connectivity index is 1.53. The highest BCUT2D eigenvalue weighted by atomic mass is 32.2. The Labute approximate surface area is 153 Å². The van der Waals surface area contributed by atoms with Crippen LogP contribution in [0.15, 0.2) is 52.0 Å². The number of anilines is 1. The van der Waals surface area contributed by atoms with Crippen LogP contribution < -0.4 is 10.6 Å². The van der Waals surface area contributed by atoms with E-state index in [1.807, 2.05) is 48.7 Å². The minimum absolute atomic E-state index is 0.0814. The molecule has 0 radical (unpaired) electrons. The first-order chi connectivity index (χ1) is 12.1. The molecule has 1 aromatic carbocycles. The molecule has 1 aliphatic rings. The Kier molecular flexibility index (Phi) is 5.62. The second-order valence-electron chi connectivity index (χ2n) is 5.38. The van der Waals surface area contributed by atoms with Gasteiger partial charge in [0.15, 0.2) is 5.17 Å². The van der Waals surface area contributed by atoms with Crippen molar-refractivity contribution in [3.05, 3.63) is 52.2 Å². The van der Waals surface area contributed by atoms with Crippen molar-refractivity contribution in [3.8, 4) is 0 Å². The lowest BCUT2D eigenvalue weighted by Crippen LogP contribution is -2.28. The zero-order chi connectivity index (χ0) is 17.6. The number of hydrogen-bond donors (Lipinski definition) is 2. The van der Waals surface area contributed by atoms with E-state index in [1.54, 1.807) is 17.6 Å². The smallest absolute Gasteiger partial charge is 0.240 e. The van der Waals surface area contributed by atoms with Crippen LogP contribution in [0.4, 0.5) is 5.69 Å². The number of thiophene rings is 1. The number of hydrogen-bond acceptors (Lipinski definition) is 6. The lowest BCUT2D eigenvalue weighted by molar-refractivity contribution is -0.122. The van der Waals surface area contributed by atoms with Crippen LogP contribution >= 0.6 is 23.1 Å². The van der Waals surface area contributed by atoms with Crippen LogP contribution in [0.3, 0.4) is 0 Å². The monoisotopic (exact) mass is 372 g/mol. The van der Waals surface area contributed by atoms with Crippen molar-refractivity contribution >= 4 is 52.0 Å². The zero-order valence-electron chi connectivity index (χ0n) is 13.4. The molecule has 2 N–H and O–H groups in total. The highest BCUT2D eigenvalue weighted by Crippen LogP contribution is 2.23. The number of amidine groups is 1. The van der Waals surface area contributed by atoms with Crippen molar-refractivity contribution in [2.24, 2.45) is 10.2 Å². The van der Waals surface area contributed by atoms with Gasteiger partial charge in [-0.1, -0.05) is 35.5 Å². The number of rotatable bonds is 5. The molecule has 0 unspecified atom stereocenters. The molecule has 0 saturated carbocycles. The lowest BCUT2D eigenvalue weighted by Gasteiger charge is -2.07. The van der Waals surface area contributed by atoms with Gasteiger partial charge in [0, 0.05) is 17.0 Å². The van der Waals surface area contributed by atoms with Crippen LogP contribution in [-0.2, 0) is 9.59 Å². The van der Waals surface area contributed by atoms with Crippen molar-refractivity contribution in [3.63, 3.8) is 0 Å². The van der Waals surface area contributed by atoms with Crippen molar-refractivity contribution in [2.75, 3.05) is 5.32 Å². The standard InChI is InChI=1S/C17H16N4O2S2/c1-11-4-6-12(7-5-11)19-15(22)9-14-16(23)20-17(25-14)21-18-10-13-3-2-8-24-13/h2-8,10,14H,9H2,1H3,(H,19,22)(H,20,21,23)/b18-10-/t14-/m1/s1. The Morgan fingerprint density at radius 3 is 2.84 bits per heavy atom. The van der Waals surface area contributed by atoms with Gasteiger partial charge in [0.25, 0.3) is 0 Å². The highest BCUT2D eigenvalue weighted by molar-refractivity contribution is 8.15. The highest BCUT2D eigenvalue weighted by Gasteiger charge is 2.32. The quantitative estimate of drug-likeness (QED) is 0.625. The van der Waals surface area contributed by atoms with E-state index in [4.69, 9.17) is 0 Å². The Bertz CT molecular complexity index is 814. The number of carbonyl (C=O) groups is 2. The molecule has 25 heavy (non-hydrogen) atoms. The van der Waals surface area contributed by atoms with Gasteiger partial charge in [-0.3, -0.25) is 9.59 Å². The number of nitrogens with zero attached hydrogens (tertiary/aromatic N) is 2. The third-order valence-corrected chi connectivity index (χ3v) is 5.24. The largest absolute Gasteiger partial charge is 0.326 e. The molecule has 128 valence electrons. The summed E-state index contributed by atoms with van der Waals surface area (Å²) in [7, 11) is 0. The number of aryl methyl sites for hydroxylation is 1. The number of nitrogens with one attached hydrogen (secondary N) is 2. The van der Waals surface area contributed by atoms with E-state index >= 15 is 0 Å². The molecule has 2 heterocycles. The van der Waals surface area contributed by atoms with Crippen molar-refractivity contribution in [1.29, 1.82) is 0 Å². The maximum Gasteiger partial charge on any atom is 0.240 e. The summed E-state index contributed by atoms with van der Waals surface area (Å²) < 4.78 is 0. The van der Waals surface area contributed by atoms with Crippen LogP contribution in [0.1, 0.15) is 16.9 Å². The zero-order valence-corrected chi connectivity index (χ0v) is 15.1. The molecule has 8 heteroatoms. The first-order valence-corrected chi connectivity index (χ1v) is 9.34. The summed E-state index contributed by atoms with van der Waals surface area (Å²) in [6.45, 7) is 1.98. The van der Waals surface area contributed by atoms with E-state index in [1.165, 1.54) is 11.8 Å². The van der Waals surface area contributed by atoms with Gasteiger partial charge < -0.3 is 10.6 Å². The Morgan fingerprint density at radius 1 is 1.32 bits per heavy atom. The van der Waals surface area contributed by atoms with Crippen LogP contribution in [0.25, 0.3) is 0 Å². The molecule has 1 aromatic heterocycles. The summed E-state index contributed by atoms with van der Waals surface area (Å²) >= 11 is 2.77. The molecule has 0 bridgehead atoms. The maximum atomic E-state index is 12.1. The molecule has 2 aromatic rings. The fourth-order valence-electron chi connectivity index (χ4n) is 2.11. The summed E-state index contributed by atoms with van der Waals surface area (Å²) in [5.41, 5.74) is 1.83. The second kappa shape index (κ2) is 8.09. The molecule has 2 amide bonds. The second-order valence-corrected chi connectivity index (χ2v) is 7.55. The number of carbonyl (C=O) groups excluding carboxylic acids is 2. The van der Waals surface area contributed by atoms with E-state index in [0.29, 0.717) is 10.9 Å². The molecule has 0 spiro atoms. The normalized spacial score (nSPS) is 18.7. The van der Waals surface area contributed by atoms with Gasteiger partial charge >= 0.3 is 0 Å². The fraction of sp³-hybridized carbons (Fsp3) is 0.176. The van der Waals surface area contributed by atoms with Crippen LogP contribution in [0.5, 0.6) is 0 Å². The first-order valence-electron chi connectivity index (χ1n) is 7.59. The fourth-order valence-corrected chi connectivity index (χ4v) is 3.61. The summed E-state index contributed by atoms with van der Waals surface area (Å²) in [5.74, 6) is -0.436. The van der Waals surface area contributed by atoms with Crippen molar-refractivity contribution in [1.82, 2.24) is 5.32 Å². The Hall–Kier alpha value is -2.45. The Morgan fingerprint density at radius 2 is 2.12 bits per heavy atom. The van der Waals surface area contributed by atoms with Gasteiger partial charge in [0.2, 0.25) is 11.8 Å². The van der Waals surface area contributed by atoms with Crippen LogP contribution in [0.2, 0.25) is 0 Å². The van der Waals surface area contributed by atoms with E-state index in [9.17, 15) is 9.59 Å². The first kappa shape index (κ1) is 17.4. The predicted octanol–water partition coefficient (Wildman–Crippen LogP) is 3.01. The summed E-state index contributed by atoms with van der Waals surface area (Å²) in [5, 5.41) is 15.2. The molecular formula is C17H16N4O2S2. The average Bonchev–Trinajstić information content (AvgIpc) is 3.20. The van der Waals surface area contributed by atoms with Gasteiger partial charge in [0.05, 0.1) is 6.21 Å². The third kappa shape index (κ3) is 5.01. The summed E-state index contributed by atoms with van der Waals surface area (Å²) in [6, 6.07) is 11.4. The number of amides is 2. The van der Waals surface area contributed by atoms with Gasteiger partial charge in [0.1, 0.15) is 5.25 Å². The molecule has 1 aliphatic heterocycles. The molecule has 3 rings (SSSR count). The minimum atomic E-state index is -0.499. The maximum absolute atomic E-state index is 12.1. The summed E-state index contributed by atoms with van der Waals surface area (Å²) in [4.78, 5) is 25.0. The summed E-state index contributed by atoms with van der Waals surface area (Å²) in [6.07, 6.45) is 1.71. The molecule has 1 atom stereocenters. The van der Waals surface area contributed by atoms with Gasteiger partial charge in [-0.2, -0.15) is 5.10 Å². The minimum Gasteiger partial charge on any atom is -0.326 e. The molecule has 0 aliphatic carbocycles. The van der Waals surface area contributed by atoms with Gasteiger partial charge in [-0.05, 0) is 30.5 Å². The third-order valence-electron chi connectivity index (χ3n) is 3.36. The average molecular weight is 372 g/mol. The van der Waals surface area contributed by atoms with E-state index in [-0.39, 0.29) is 18.2 Å².